The van der Waals surface area contributed by atoms with Crippen molar-refractivity contribution >= 4 is 23.5 Å². The molecule has 0 aliphatic carbocycles. The van der Waals surface area contributed by atoms with Crippen LogP contribution >= 0.6 is 0 Å². The molecule has 2 aromatic rings. The van der Waals surface area contributed by atoms with Gasteiger partial charge in [0.05, 0.1) is 34.1 Å². The highest BCUT2D eigenvalue weighted by Crippen LogP contribution is 2.45. The van der Waals surface area contributed by atoms with Gasteiger partial charge in [0.2, 0.25) is 18.0 Å². The number of likely N-dealkylation sites (tertiary alicyclic amines) is 1. The molecule has 10 heteroatoms. The molecule has 1 fully saturated rings. The highest BCUT2D eigenvalue weighted by atomic mass is 16.6. The number of methoxy groups -OCH3 is 4. The molecule has 1 N–H and O–H groups in total. The fourth-order valence-corrected chi connectivity index (χ4v) is 4.16. The largest absolute Gasteiger partial charge is 0.497 e. The van der Waals surface area contributed by atoms with Gasteiger partial charge in [0.15, 0.2) is 11.5 Å². The van der Waals surface area contributed by atoms with E-state index in [0.29, 0.717) is 28.5 Å². The van der Waals surface area contributed by atoms with Crippen LogP contribution in [0.4, 0.5) is 5.69 Å². The molecule has 2 aromatic carbocycles. The number of rotatable bonds is 7. The van der Waals surface area contributed by atoms with Crippen LogP contribution in [0.2, 0.25) is 0 Å². The van der Waals surface area contributed by atoms with Crippen LogP contribution in [0.5, 0.6) is 23.0 Å². The molecule has 0 spiro atoms. The number of nitrogens with zero attached hydrogens (tertiary/aromatic N) is 1. The van der Waals surface area contributed by atoms with Gasteiger partial charge in [-0.15, -0.1) is 0 Å². The zero-order valence-electron chi connectivity index (χ0n) is 18.7. The van der Waals surface area contributed by atoms with Crippen LogP contribution in [0, 0.1) is 0 Å². The molecular weight excluding hydrogens is 432 g/mol. The number of anilines is 1. The number of ether oxygens (including phenoxy) is 5. The molecule has 2 amide bonds. The van der Waals surface area contributed by atoms with E-state index in [2.05, 4.69) is 5.32 Å². The van der Waals surface area contributed by atoms with Crippen molar-refractivity contribution in [3.05, 3.63) is 41.5 Å². The lowest BCUT2D eigenvalue weighted by Crippen LogP contribution is -2.43. The fourth-order valence-electron chi connectivity index (χ4n) is 4.16. The minimum atomic E-state index is -1.05. The summed E-state index contributed by atoms with van der Waals surface area (Å²) < 4.78 is 26.7. The Balaban J connectivity index is 1.64. The van der Waals surface area contributed by atoms with Gasteiger partial charge in [-0.1, -0.05) is 0 Å². The standard InChI is InChI=1S/C23H24N2O8/c1-29-12-5-7-14(17(11-12)31-3)24-21(27)15-8-10-18(26)25(15)22-13-6-9-16(30-2)20(32-4)19(13)23(28)33-22/h5-7,9,11,15,22H,8,10H2,1-4H3,(H,24,27). The molecule has 0 saturated carbocycles. The van der Waals surface area contributed by atoms with E-state index in [1.165, 1.54) is 33.3 Å². The molecule has 2 atom stereocenters. The maximum atomic E-state index is 13.2. The van der Waals surface area contributed by atoms with Crippen LogP contribution in [0.15, 0.2) is 30.3 Å². The summed E-state index contributed by atoms with van der Waals surface area (Å²) in [6, 6.07) is 7.40. The molecule has 0 bridgehead atoms. The zero-order chi connectivity index (χ0) is 23.7. The van der Waals surface area contributed by atoms with Crippen molar-refractivity contribution in [2.75, 3.05) is 33.8 Å². The quantitative estimate of drug-likeness (QED) is 0.633. The molecule has 4 rings (SSSR count). The zero-order valence-corrected chi connectivity index (χ0v) is 18.7. The summed E-state index contributed by atoms with van der Waals surface area (Å²) in [7, 11) is 5.88. The molecule has 0 radical (unpaired) electrons. The SMILES string of the molecule is COc1ccc(NC(=O)C2CCC(=O)N2C2OC(=O)c3c2ccc(OC)c3OC)c(OC)c1. The van der Waals surface area contributed by atoms with Crippen LogP contribution in [0.3, 0.4) is 0 Å². The Morgan fingerprint density at radius 3 is 2.42 bits per heavy atom. The summed E-state index contributed by atoms with van der Waals surface area (Å²) in [5.74, 6) is 0.197. The van der Waals surface area contributed by atoms with Crippen LogP contribution in [0.25, 0.3) is 0 Å². The first-order valence-electron chi connectivity index (χ1n) is 10.2. The number of carbonyl (C=O) groups excluding carboxylic acids is 3. The van der Waals surface area contributed by atoms with Gasteiger partial charge in [-0.05, 0) is 30.7 Å². The van der Waals surface area contributed by atoms with Crippen molar-refractivity contribution in [1.29, 1.82) is 0 Å². The van der Waals surface area contributed by atoms with E-state index in [1.54, 1.807) is 30.3 Å². The fraction of sp³-hybridized carbons (Fsp3) is 0.348. The first kappa shape index (κ1) is 22.3. The van der Waals surface area contributed by atoms with Crippen molar-refractivity contribution in [2.24, 2.45) is 0 Å². The molecule has 2 heterocycles. The monoisotopic (exact) mass is 456 g/mol. The molecule has 33 heavy (non-hydrogen) atoms. The molecule has 0 aromatic heterocycles. The van der Waals surface area contributed by atoms with E-state index >= 15 is 0 Å². The Bertz CT molecular complexity index is 1120. The summed E-state index contributed by atoms with van der Waals surface area (Å²) in [5.41, 5.74) is 1.04. The third-order valence-electron chi connectivity index (χ3n) is 5.74. The molecule has 2 unspecified atom stereocenters. The van der Waals surface area contributed by atoms with Gasteiger partial charge in [-0.25, -0.2) is 4.79 Å². The number of amides is 2. The highest BCUT2D eigenvalue weighted by molar-refractivity contribution is 6.02. The Labute approximate surface area is 190 Å². The van der Waals surface area contributed by atoms with Gasteiger partial charge < -0.3 is 29.0 Å². The van der Waals surface area contributed by atoms with E-state index in [0.717, 1.165) is 0 Å². The lowest BCUT2D eigenvalue weighted by Gasteiger charge is -2.29. The number of cyclic esters (lactones) is 1. The number of hydrogen-bond donors (Lipinski definition) is 1. The molecule has 2 aliphatic rings. The lowest BCUT2D eigenvalue weighted by molar-refractivity contribution is -0.144. The predicted molar refractivity (Wildman–Crippen MR) is 116 cm³/mol. The van der Waals surface area contributed by atoms with E-state index in [1.807, 2.05) is 0 Å². The Morgan fingerprint density at radius 2 is 1.76 bits per heavy atom. The summed E-state index contributed by atoms with van der Waals surface area (Å²) in [6.45, 7) is 0. The number of hydrogen-bond acceptors (Lipinski definition) is 8. The lowest BCUT2D eigenvalue weighted by atomic mass is 10.0. The maximum absolute atomic E-state index is 13.2. The summed E-state index contributed by atoms with van der Waals surface area (Å²) >= 11 is 0. The molecule has 2 aliphatic heterocycles. The molecule has 174 valence electrons. The van der Waals surface area contributed by atoms with Crippen molar-refractivity contribution in [3.63, 3.8) is 0 Å². The van der Waals surface area contributed by atoms with E-state index in [-0.39, 0.29) is 30.1 Å². The van der Waals surface area contributed by atoms with Crippen molar-refractivity contribution < 1.29 is 38.1 Å². The Morgan fingerprint density at radius 1 is 1.00 bits per heavy atom. The highest BCUT2D eigenvalue weighted by Gasteiger charge is 2.47. The van der Waals surface area contributed by atoms with Crippen LogP contribution in [-0.2, 0) is 14.3 Å². The molecule has 1 saturated heterocycles. The van der Waals surface area contributed by atoms with Crippen LogP contribution in [-0.4, -0.2) is 57.2 Å². The van der Waals surface area contributed by atoms with Gasteiger partial charge in [0.25, 0.3) is 0 Å². The number of fused-ring (bicyclic) bond motifs is 1. The van der Waals surface area contributed by atoms with Gasteiger partial charge in [0, 0.05) is 18.1 Å². The Kier molecular flexibility index (Phi) is 5.99. The van der Waals surface area contributed by atoms with Gasteiger partial charge in [-0.3, -0.25) is 14.5 Å². The number of esters is 1. The first-order chi connectivity index (χ1) is 15.9. The van der Waals surface area contributed by atoms with Crippen molar-refractivity contribution in [1.82, 2.24) is 4.90 Å². The first-order valence-corrected chi connectivity index (χ1v) is 10.2. The summed E-state index contributed by atoms with van der Waals surface area (Å²) in [4.78, 5) is 40.0. The van der Waals surface area contributed by atoms with E-state index < -0.39 is 24.1 Å². The second-order valence-corrected chi connectivity index (χ2v) is 7.43. The average Bonchev–Trinajstić information content (AvgIpc) is 3.37. The summed E-state index contributed by atoms with van der Waals surface area (Å²) in [6.07, 6.45) is -0.621. The van der Waals surface area contributed by atoms with Gasteiger partial charge in [0.1, 0.15) is 23.1 Å². The second kappa shape index (κ2) is 8.89. The van der Waals surface area contributed by atoms with Crippen LogP contribution < -0.4 is 24.3 Å². The van der Waals surface area contributed by atoms with Gasteiger partial charge >= 0.3 is 5.97 Å². The second-order valence-electron chi connectivity index (χ2n) is 7.43. The number of benzene rings is 2. The van der Waals surface area contributed by atoms with Crippen LogP contribution in [0.1, 0.15) is 35.0 Å². The predicted octanol–water partition coefficient (Wildman–Crippen LogP) is 2.52. The summed E-state index contributed by atoms with van der Waals surface area (Å²) in [5, 5.41) is 2.81. The number of nitrogens with one attached hydrogen (secondary N) is 1. The normalized spacial score (nSPS) is 19.1. The van der Waals surface area contributed by atoms with E-state index in [9.17, 15) is 14.4 Å². The Hall–Kier alpha value is -3.95. The van der Waals surface area contributed by atoms with E-state index in [4.69, 9.17) is 23.7 Å². The van der Waals surface area contributed by atoms with Crippen molar-refractivity contribution in [2.45, 2.75) is 25.1 Å². The molecular formula is C23H24N2O8. The maximum Gasteiger partial charge on any atom is 0.344 e. The van der Waals surface area contributed by atoms with Gasteiger partial charge in [-0.2, -0.15) is 0 Å². The van der Waals surface area contributed by atoms with Crippen molar-refractivity contribution in [3.8, 4) is 23.0 Å². The minimum absolute atomic E-state index is 0.147. The molecule has 10 nitrogen and oxygen atoms in total. The number of carbonyl (C=O) groups is 3. The topological polar surface area (TPSA) is 113 Å². The smallest absolute Gasteiger partial charge is 0.344 e. The third-order valence-corrected chi connectivity index (χ3v) is 5.74. The minimum Gasteiger partial charge on any atom is -0.497 e. The average molecular weight is 456 g/mol. The third kappa shape index (κ3) is 3.77.